The molecule has 2 aromatic rings. The van der Waals surface area contributed by atoms with Crippen molar-refractivity contribution in [3.05, 3.63) is 60.4 Å². The number of para-hydroxylation sites is 1. The summed E-state index contributed by atoms with van der Waals surface area (Å²) in [7, 11) is -3.78. The summed E-state index contributed by atoms with van der Waals surface area (Å²) < 4.78 is 45.8. The van der Waals surface area contributed by atoms with Crippen molar-refractivity contribution in [1.82, 2.24) is 9.21 Å². The summed E-state index contributed by atoms with van der Waals surface area (Å²) in [6.45, 7) is 2.72. The maximum atomic E-state index is 13.4. The van der Waals surface area contributed by atoms with Gasteiger partial charge in [0.1, 0.15) is 11.6 Å². The molecule has 1 aliphatic rings. The molecule has 150 valence electrons. The van der Waals surface area contributed by atoms with Crippen molar-refractivity contribution in [3.8, 4) is 5.75 Å². The van der Waals surface area contributed by atoms with Crippen molar-refractivity contribution in [3.63, 3.8) is 0 Å². The third kappa shape index (κ3) is 4.51. The van der Waals surface area contributed by atoms with E-state index in [0.29, 0.717) is 12.2 Å². The third-order valence-electron chi connectivity index (χ3n) is 4.65. The first kappa shape index (κ1) is 20.3. The van der Waals surface area contributed by atoms with E-state index >= 15 is 0 Å². The number of amides is 1. The van der Waals surface area contributed by atoms with E-state index in [4.69, 9.17) is 4.74 Å². The van der Waals surface area contributed by atoms with Gasteiger partial charge in [-0.05, 0) is 36.8 Å². The first-order valence-corrected chi connectivity index (χ1v) is 10.6. The second kappa shape index (κ2) is 8.70. The van der Waals surface area contributed by atoms with E-state index < -0.39 is 21.9 Å². The van der Waals surface area contributed by atoms with Crippen molar-refractivity contribution < 1.29 is 22.3 Å². The molecule has 1 saturated heterocycles. The Balaban J connectivity index is 1.63. The van der Waals surface area contributed by atoms with Gasteiger partial charge in [0.25, 0.3) is 5.91 Å². The molecule has 1 amide bonds. The number of carbonyl (C=O) groups excluding carboxylic acids is 1. The van der Waals surface area contributed by atoms with Crippen molar-refractivity contribution in [2.45, 2.75) is 24.3 Å². The van der Waals surface area contributed by atoms with Crippen molar-refractivity contribution in [2.24, 2.45) is 0 Å². The Kier molecular flexibility index (Phi) is 6.31. The SMILES string of the molecule is CC[C@@H](Oc1ccccc1)C(=O)N1CCN(S(=O)(=O)c2cccc(F)c2)CC1. The summed E-state index contributed by atoms with van der Waals surface area (Å²) in [4.78, 5) is 14.3. The number of ether oxygens (including phenoxy) is 1. The van der Waals surface area contributed by atoms with Gasteiger partial charge in [-0.2, -0.15) is 4.31 Å². The largest absolute Gasteiger partial charge is 0.481 e. The molecule has 0 N–H and O–H groups in total. The highest BCUT2D eigenvalue weighted by Crippen LogP contribution is 2.20. The Hall–Kier alpha value is -2.45. The van der Waals surface area contributed by atoms with Crippen LogP contribution in [0.5, 0.6) is 5.75 Å². The molecule has 0 spiro atoms. The quantitative estimate of drug-likeness (QED) is 0.739. The minimum Gasteiger partial charge on any atom is -0.481 e. The fourth-order valence-corrected chi connectivity index (χ4v) is 4.55. The van der Waals surface area contributed by atoms with Gasteiger partial charge in [-0.25, -0.2) is 12.8 Å². The minimum atomic E-state index is -3.78. The van der Waals surface area contributed by atoms with Crippen LogP contribution in [0.4, 0.5) is 4.39 Å². The Labute approximate surface area is 164 Å². The number of halogens is 1. The Morgan fingerprint density at radius 2 is 1.75 bits per heavy atom. The summed E-state index contributed by atoms with van der Waals surface area (Å²) in [6.07, 6.45) is -0.107. The molecule has 8 heteroatoms. The lowest BCUT2D eigenvalue weighted by Gasteiger charge is -2.35. The molecule has 1 fully saturated rings. The molecule has 0 unspecified atom stereocenters. The summed E-state index contributed by atoms with van der Waals surface area (Å²) in [5.41, 5.74) is 0. The second-order valence-electron chi connectivity index (χ2n) is 6.51. The second-order valence-corrected chi connectivity index (χ2v) is 8.45. The van der Waals surface area contributed by atoms with Gasteiger partial charge in [-0.1, -0.05) is 31.2 Å². The van der Waals surface area contributed by atoms with Crippen LogP contribution in [0.2, 0.25) is 0 Å². The molecule has 0 saturated carbocycles. The zero-order valence-corrected chi connectivity index (χ0v) is 16.4. The van der Waals surface area contributed by atoms with E-state index in [9.17, 15) is 17.6 Å². The number of hydrogen-bond acceptors (Lipinski definition) is 4. The summed E-state index contributed by atoms with van der Waals surface area (Å²) in [5.74, 6) is -0.136. The van der Waals surface area contributed by atoms with Crippen LogP contribution >= 0.6 is 0 Å². The molecule has 0 radical (unpaired) electrons. The Morgan fingerprint density at radius 3 is 2.36 bits per heavy atom. The summed E-state index contributed by atoms with van der Waals surface area (Å²) >= 11 is 0. The third-order valence-corrected chi connectivity index (χ3v) is 6.55. The number of rotatable bonds is 6. The Morgan fingerprint density at radius 1 is 1.07 bits per heavy atom. The van der Waals surface area contributed by atoms with Crippen LogP contribution in [0.15, 0.2) is 59.5 Å². The average molecular weight is 406 g/mol. The fourth-order valence-electron chi connectivity index (χ4n) is 3.10. The van der Waals surface area contributed by atoms with E-state index in [0.717, 1.165) is 6.07 Å². The molecule has 6 nitrogen and oxygen atoms in total. The number of benzene rings is 2. The van der Waals surface area contributed by atoms with Crippen LogP contribution in [0, 0.1) is 5.82 Å². The monoisotopic (exact) mass is 406 g/mol. The molecule has 0 aromatic heterocycles. The van der Waals surface area contributed by atoms with E-state index in [1.54, 1.807) is 17.0 Å². The van der Waals surface area contributed by atoms with E-state index in [1.165, 1.54) is 22.5 Å². The normalized spacial score (nSPS) is 16.6. The molecule has 1 aliphatic heterocycles. The molecule has 1 heterocycles. The topological polar surface area (TPSA) is 66.9 Å². The number of hydrogen-bond donors (Lipinski definition) is 0. The number of carbonyl (C=O) groups is 1. The highest BCUT2D eigenvalue weighted by molar-refractivity contribution is 7.89. The first-order chi connectivity index (χ1) is 13.4. The lowest BCUT2D eigenvalue weighted by Crippen LogP contribution is -2.53. The maximum absolute atomic E-state index is 13.4. The van der Waals surface area contributed by atoms with Crippen LogP contribution in [-0.2, 0) is 14.8 Å². The predicted molar refractivity (Wildman–Crippen MR) is 103 cm³/mol. The summed E-state index contributed by atoms with van der Waals surface area (Å²) in [6, 6.07) is 14.1. The van der Waals surface area contributed by atoms with Gasteiger partial charge >= 0.3 is 0 Å². The molecule has 3 rings (SSSR count). The van der Waals surface area contributed by atoms with Gasteiger partial charge < -0.3 is 9.64 Å². The number of piperazine rings is 1. The minimum absolute atomic E-state index is 0.0777. The van der Waals surface area contributed by atoms with Gasteiger partial charge in [-0.15, -0.1) is 0 Å². The molecule has 0 bridgehead atoms. The van der Waals surface area contributed by atoms with Crippen LogP contribution in [0.25, 0.3) is 0 Å². The first-order valence-electron chi connectivity index (χ1n) is 9.18. The zero-order chi connectivity index (χ0) is 20.1. The van der Waals surface area contributed by atoms with Crippen molar-refractivity contribution in [2.75, 3.05) is 26.2 Å². The van der Waals surface area contributed by atoms with Gasteiger partial charge in [0.05, 0.1) is 4.90 Å². The number of sulfonamides is 1. The number of nitrogens with zero attached hydrogens (tertiary/aromatic N) is 2. The average Bonchev–Trinajstić information content (AvgIpc) is 2.72. The smallest absolute Gasteiger partial charge is 0.263 e. The molecule has 1 atom stereocenters. The van der Waals surface area contributed by atoms with E-state index in [2.05, 4.69) is 0 Å². The van der Waals surface area contributed by atoms with Crippen LogP contribution < -0.4 is 4.74 Å². The fraction of sp³-hybridized carbons (Fsp3) is 0.350. The summed E-state index contributed by atoms with van der Waals surface area (Å²) in [5, 5.41) is 0. The molecular formula is C20H23FN2O4S. The molecular weight excluding hydrogens is 383 g/mol. The lowest BCUT2D eigenvalue weighted by atomic mass is 10.2. The predicted octanol–water partition coefficient (Wildman–Crippen LogP) is 2.52. The van der Waals surface area contributed by atoms with Crippen molar-refractivity contribution in [1.29, 1.82) is 0 Å². The van der Waals surface area contributed by atoms with Crippen molar-refractivity contribution >= 4 is 15.9 Å². The molecule has 2 aromatic carbocycles. The van der Waals surface area contributed by atoms with Crippen LogP contribution in [0.3, 0.4) is 0 Å². The highest BCUT2D eigenvalue weighted by atomic mass is 32.2. The Bertz CT molecular complexity index is 913. The van der Waals surface area contributed by atoms with Gasteiger partial charge in [0.15, 0.2) is 6.10 Å². The van der Waals surface area contributed by atoms with Gasteiger partial charge in [0, 0.05) is 26.2 Å². The lowest BCUT2D eigenvalue weighted by molar-refractivity contribution is -0.140. The molecule has 0 aliphatic carbocycles. The van der Waals surface area contributed by atoms with Gasteiger partial charge in [-0.3, -0.25) is 4.79 Å². The zero-order valence-electron chi connectivity index (χ0n) is 15.6. The van der Waals surface area contributed by atoms with E-state index in [1.807, 2.05) is 25.1 Å². The van der Waals surface area contributed by atoms with E-state index in [-0.39, 0.29) is 37.0 Å². The maximum Gasteiger partial charge on any atom is 0.263 e. The molecule has 28 heavy (non-hydrogen) atoms. The highest BCUT2D eigenvalue weighted by Gasteiger charge is 2.32. The van der Waals surface area contributed by atoms with Gasteiger partial charge in [0.2, 0.25) is 10.0 Å². The van der Waals surface area contributed by atoms with Crippen LogP contribution in [0.1, 0.15) is 13.3 Å². The standard InChI is InChI=1S/C20H23FN2O4S/c1-2-19(27-17-8-4-3-5-9-17)20(24)22-11-13-23(14-12-22)28(25,26)18-10-6-7-16(21)15-18/h3-10,15,19H,2,11-14H2,1H3/t19-/m1/s1. The van der Waals surface area contributed by atoms with Crippen LogP contribution in [-0.4, -0.2) is 55.8 Å².